The van der Waals surface area contributed by atoms with Gasteiger partial charge in [-0.2, -0.15) is 0 Å². The predicted molar refractivity (Wildman–Crippen MR) is 155 cm³/mol. The van der Waals surface area contributed by atoms with Gasteiger partial charge >= 0.3 is 0 Å². The molecule has 0 saturated heterocycles. The zero-order valence-electron chi connectivity index (χ0n) is 22.9. The van der Waals surface area contributed by atoms with Crippen LogP contribution in [0, 0.1) is 13.8 Å². The quantitative estimate of drug-likeness (QED) is 0.310. The van der Waals surface area contributed by atoms with Crippen molar-refractivity contribution in [3.8, 4) is 0 Å². The highest BCUT2D eigenvalue weighted by Crippen LogP contribution is 2.34. The lowest BCUT2D eigenvalue weighted by Gasteiger charge is -2.32. The third kappa shape index (κ3) is 4.75. The topological polar surface area (TPSA) is 147 Å². The fraction of sp³-hybridized carbons (Fsp3) is 0.290. The number of anilines is 2. The number of carbonyl (C=O) groups excluding carboxylic acids is 2. The Morgan fingerprint density at radius 3 is 2.54 bits per heavy atom. The standard InChI is InChI=1S/C31H30N6O4/c1-16-3-6-22-21(17(16)2)7-8-23(22)36-31(41)25-12-24(34-15-35-25)30(40)33-13-18-4-5-19-9-10-37(14-20(19)11-18)27-26(32)28(38)29(27)39/h3-6,11-12,15,23H,7-10,13-14,32H2,1-2H3,(H,33,40)(H,36,41)/t23-/m0/s1. The summed E-state index contributed by atoms with van der Waals surface area (Å²) in [6.07, 6.45) is 3.68. The van der Waals surface area contributed by atoms with Crippen LogP contribution < -0.4 is 32.1 Å². The van der Waals surface area contributed by atoms with Gasteiger partial charge in [-0.25, -0.2) is 9.97 Å². The van der Waals surface area contributed by atoms with E-state index in [9.17, 15) is 19.2 Å². The van der Waals surface area contributed by atoms with Gasteiger partial charge in [0.15, 0.2) is 0 Å². The predicted octanol–water partition coefficient (Wildman–Crippen LogP) is 2.18. The average Bonchev–Trinajstić information content (AvgIpc) is 3.40. The number of hydrogen-bond donors (Lipinski definition) is 3. The summed E-state index contributed by atoms with van der Waals surface area (Å²) in [5, 5.41) is 5.92. The molecule has 0 saturated carbocycles. The molecule has 1 aliphatic carbocycles. The normalized spacial score (nSPS) is 15.9. The maximum Gasteiger partial charge on any atom is 0.270 e. The number of amides is 2. The van der Waals surface area contributed by atoms with Gasteiger partial charge in [-0.05, 0) is 72.1 Å². The Labute approximate surface area is 236 Å². The van der Waals surface area contributed by atoms with Crippen molar-refractivity contribution in [3.63, 3.8) is 0 Å². The Morgan fingerprint density at radius 2 is 1.76 bits per heavy atom. The Kier molecular flexibility index (Phi) is 6.61. The minimum Gasteiger partial charge on any atom is -0.394 e. The molecule has 1 aromatic heterocycles. The van der Waals surface area contributed by atoms with Gasteiger partial charge in [0.25, 0.3) is 22.7 Å². The number of fused-ring (bicyclic) bond motifs is 2. The van der Waals surface area contributed by atoms with Crippen molar-refractivity contribution in [2.45, 2.75) is 52.2 Å². The molecule has 3 aromatic carbocycles. The lowest BCUT2D eigenvalue weighted by molar-refractivity contribution is 0.0931. The molecule has 4 aromatic rings. The van der Waals surface area contributed by atoms with Crippen LogP contribution in [0.3, 0.4) is 0 Å². The molecule has 0 spiro atoms. The Morgan fingerprint density at radius 1 is 0.976 bits per heavy atom. The van der Waals surface area contributed by atoms with Crippen LogP contribution in [0.25, 0.3) is 0 Å². The Hall–Kier alpha value is -4.86. The van der Waals surface area contributed by atoms with E-state index in [0.717, 1.165) is 41.5 Å². The fourth-order valence-electron chi connectivity index (χ4n) is 5.88. The molecule has 1 atom stereocenters. The molecule has 6 rings (SSSR count). The van der Waals surface area contributed by atoms with Gasteiger partial charge in [-0.1, -0.05) is 30.3 Å². The molecule has 4 N–H and O–H groups in total. The molecule has 2 heterocycles. The summed E-state index contributed by atoms with van der Waals surface area (Å²) in [4.78, 5) is 59.5. The van der Waals surface area contributed by atoms with Gasteiger partial charge < -0.3 is 21.3 Å². The van der Waals surface area contributed by atoms with Gasteiger partial charge in [0.2, 0.25) is 0 Å². The summed E-state index contributed by atoms with van der Waals surface area (Å²) in [6.45, 7) is 5.51. The Balaban J connectivity index is 1.10. The second-order valence-corrected chi connectivity index (χ2v) is 10.8. The van der Waals surface area contributed by atoms with Crippen molar-refractivity contribution >= 4 is 23.2 Å². The van der Waals surface area contributed by atoms with Gasteiger partial charge in [-0.3, -0.25) is 19.2 Å². The fourth-order valence-corrected chi connectivity index (χ4v) is 5.88. The largest absolute Gasteiger partial charge is 0.394 e. The first-order valence-corrected chi connectivity index (χ1v) is 13.7. The molecule has 0 bridgehead atoms. The summed E-state index contributed by atoms with van der Waals surface area (Å²) in [7, 11) is 0. The molecule has 2 amide bonds. The van der Waals surface area contributed by atoms with Crippen molar-refractivity contribution in [2.24, 2.45) is 0 Å². The van der Waals surface area contributed by atoms with Gasteiger partial charge in [0, 0.05) is 25.7 Å². The number of nitrogens with zero attached hydrogens (tertiary/aromatic N) is 3. The zero-order chi connectivity index (χ0) is 28.8. The highest BCUT2D eigenvalue weighted by atomic mass is 16.2. The van der Waals surface area contributed by atoms with Crippen molar-refractivity contribution in [1.82, 2.24) is 20.6 Å². The number of nitrogens with one attached hydrogen (secondary N) is 2. The van der Waals surface area contributed by atoms with E-state index in [4.69, 9.17) is 5.73 Å². The van der Waals surface area contributed by atoms with Crippen LogP contribution in [0.15, 0.2) is 52.3 Å². The van der Waals surface area contributed by atoms with E-state index in [0.29, 0.717) is 18.8 Å². The second kappa shape index (κ2) is 10.3. The summed E-state index contributed by atoms with van der Waals surface area (Å²) >= 11 is 0. The number of nitrogen functional groups attached to an aromatic ring is 1. The van der Waals surface area contributed by atoms with Crippen molar-refractivity contribution in [3.05, 3.63) is 114 Å². The minimum absolute atomic E-state index is 0.0259. The zero-order valence-corrected chi connectivity index (χ0v) is 22.9. The number of benzene rings is 2. The third-order valence-corrected chi connectivity index (χ3v) is 8.37. The third-order valence-electron chi connectivity index (χ3n) is 8.37. The van der Waals surface area contributed by atoms with Crippen LogP contribution in [0.2, 0.25) is 0 Å². The number of hydrogen-bond acceptors (Lipinski definition) is 8. The van der Waals surface area contributed by atoms with Crippen LogP contribution >= 0.6 is 0 Å². The van der Waals surface area contributed by atoms with Crippen LogP contribution in [0.5, 0.6) is 0 Å². The van der Waals surface area contributed by atoms with Crippen LogP contribution in [-0.2, 0) is 25.9 Å². The van der Waals surface area contributed by atoms with E-state index in [1.165, 1.54) is 29.1 Å². The van der Waals surface area contributed by atoms with Crippen LogP contribution in [0.4, 0.5) is 11.4 Å². The molecule has 0 radical (unpaired) electrons. The van der Waals surface area contributed by atoms with Gasteiger partial charge in [-0.15, -0.1) is 0 Å². The monoisotopic (exact) mass is 550 g/mol. The smallest absolute Gasteiger partial charge is 0.270 e. The molecule has 0 unspecified atom stereocenters. The Bertz CT molecular complexity index is 1790. The van der Waals surface area contributed by atoms with E-state index in [2.05, 4.69) is 46.6 Å². The molecular formula is C31H30N6O4. The number of rotatable bonds is 6. The van der Waals surface area contributed by atoms with E-state index >= 15 is 0 Å². The van der Waals surface area contributed by atoms with Gasteiger partial charge in [0.05, 0.1) is 6.04 Å². The number of aryl methyl sites for hydroxylation is 1. The van der Waals surface area contributed by atoms with Crippen LogP contribution in [0.1, 0.15) is 72.4 Å². The maximum absolute atomic E-state index is 13.0. The highest BCUT2D eigenvalue weighted by molar-refractivity contribution is 5.97. The van der Waals surface area contributed by atoms with Crippen molar-refractivity contribution < 1.29 is 9.59 Å². The van der Waals surface area contributed by atoms with E-state index < -0.39 is 16.8 Å². The summed E-state index contributed by atoms with van der Waals surface area (Å²) < 4.78 is 0. The lowest BCUT2D eigenvalue weighted by Crippen LogP contribution is -2.44. The highest BCUT2D eigenvalue weighted by Gasteiger charge is 2.28. The molecule has 208 valence electrons. The molecule has 0 fully saturated rings. The van der Waals surface area contributed by atoms with Crippen molar-refractivity contribution in [2.75, 3.05) is 17.2 Å². The number of carbonyl (C=O) groups is 2. The van der Waals surface area contributed by atoms with Crippen LogP contribution in [-0.4, -0.2) is 28.3 Å². The van der Waals surface area contributed by atoms with E-state index in [1.54, 1.807) is 0 Å². The second-order valence-electron chi connectivity index (χ2n) is 10.8. The molecule has 10 nitrogen and oxygen atoms in total. The SMILES string of the molecule is Cc1ccc2c(c1C)CC[C@@H]2NC(=O)c1cc(C(=O)NCc2ccc3c(c2)CN(c2c(N)c(=O)c2=O)CC3)ncn1. The van der Waals surface area contributed by atoms with E-state index in [1.807, 2.05) is 23.1 Å². The van der Waals surface area contributed by atoms with Crippen molar-refractivity contribution in [1.29, 1.82) is 0 Å². The number of aromatic nitrogens is 2. The first-order chi connectivity index (χ1) is 19.7. The minimum atomic E-state index is -0.623. The number of nitrogens with two attached hydrogens (primary N) is 1. The average molecular weight is 551 g/mol. The summed E-state index contributed by atoms with van der Waals surface area (Å²) in [5.74, 6) is -0.770. The first kappa shape index (κ1) is 26.4. The molecular weight excluding hydrogens is 520 g/mol. The molecule has 1 aliphatic heterocycles. The summed E-state index contributed by atoms with van der Waals surface area (Å²) in [5.41, 5.74) is 13.1. The molecule has 41 heavy (non-hydrogen) atoms. The van der Waals surface area contributed by atoms with E-state index in [-0.39, 0.29) is 35.6 Å². The molecule has 10 heteroatoms. The first-order valence-electron chi connectivity index (χ1n) is 13.7. The summed E-state index contributed by atoms with van der Waals surface area (Å²) in [6, 6.07) is 11.4. The lowest BCUT2D eigenvalue weighted by atomic mass is 9.96. The molecule has 2 aliphatic rings. The maximum atomic E-state index is 13.0. The van der Waals surface area contributed by atoms with Gasteiger partial charge in [0.1, 0.15) is 29.1 Å².